The Bertz CT molecular complexity index is 605. The molecule has 110 valence electrons. The van der Waals surface area contributed by atoms with Gasteiger partial charge in [0.2, 0.25) is 15.9 Å². The van der Waals surface area contributed by atoms with Crippen molar-refractivity contribution in [2.45, 2.75) is 11.7 Å². The number of hydrogen-bond acceptors (Lipinski definition) is 4. The number of halogens is 1. The zero-order chi connectivity index (χ0) is 14.8. The number of benzene rings is 1. The van der Waals surface area contributed by atoms with Gasteiger partial charge < -0.3 is 9.64 Å². The first-order valence-electron chi connectivity index (χ1n) is 6.03. The van der Waals surface area contributed by atoms with Crippen molar-refractivity contribution in [3.05, 3.63) is 24.3 Å². The molecule has 0 saturated carbocycles. The van der Waals surface area contributed by atoms with E-state index in [1.165, 1.54) is 4.90 Å². The summed E-state index contributed by atoms with van der Waals surface area (Å²) in [5.41, 5.74) is 0.428. The second kappa shape index (κ2) is 5.76. The Balaban J connectivity index is 2.26. The van der Waals surface area contributed by atoms with Gasteiger partial charge in [0.05, 0.1) is 5.69 Å². The van der Waals surface area contributed by atoms with E-state index in [1.807, 2.05) is 0 Å². The lowest BCUT2D eigenvalue weighted by molar-refractivity contribution is -0.117. The molecular weight excluding hydrogens is 287 g/mol. The summed E-state index contributed by atoms with van der Waals surface area (Å²) in [7, 11) is -3.77. The molecule has 6 nitrogen and oxygen atoms in total. The van der Waals surface area contributed by atoms with Crippen LogP contribution in [-0.2, 0) is 14.8 Å². The number of hydrogen-bond donors (Lipinski definition) is 1. The summed E-state index contributed by atoms with van der Waals surface area (Å²) in [6, 6.07) is 6.60. The molecule has 1 saturated heterocycles. The fourth-order valence-electron chi connectivity index (χ4n) is 2.08. The van der Waals surface area contributed by atoms with E-state index in [-0.39, 0.29) is 25.5 Å². The molecule has 1 aromatic carbocycles. The van der Waals surface area contributed by atoms with E-state index < -0.39 is 21.9 Å². The molecule has 0 radical (unpaired) electrons. The average molecular weight is 302 g/mol. The average Bonchev–Trinajstić information content (AvgIpc) is 2.79. The number of primary sulfonamides is 1. The first-order valence-corrected chi connectivity index (χ1v) is 7.64. The molecule has 0 aliphatic carbocycles. The minimum Gasteiger partial charge on any atom is -0.489 e. The van der Waals surface area contributed by atoms with E-state index in [1.54, 1.807) is 24.3 Å². The fraction of sp³-hybridized carbons (Fsp3) is 0.417. The SMILES string of the molecule is NS(=O)(=O)C1CC(=O)N(c2ccccc2OCCF)C1. The molecule has 1 heterocycles. The molecule has 1 aliphatic heterocycles. The van der Waals surface area contributed by atoms with Gasteiger partial charge in [-0.2, -0.15) is 0 Å². The van der Waals surface area contributed by atoms with E-state index in [2.05, 4.69) is 0 Å². The van der Waals surface area contributed by atoms with Gasteiger partial charge in [-0.1, -0.05) is 12.1 Å². The van der Waals surface area contributed by atoms with Crippen molar-refractivity contribution in [3.8, 4) is 5.75 Å². The summed E-state index contributed by atoms with van der Waals surface area (Å²) in [5, 5.41) is 4.15. The number of nitrogens with two attached hydrogens (primary N) is 1. The van der Waals surface area contributed by atoms with Crippen molar-refractivity contribution < 1.29 is 22.3 Å². The van der Waals surface area contributed by atoms with Crippen LogP contribution >= 0.6 is 0 Å². The Labute approximate surface area is 116 Å². The van der Waals surface area contributed by atoms with Gasteiger partial charge in [-0.3, -0.25) is 4.79 Å². The predicted octanol–water partition coefficient (Wildman–Crippen LogP) is 0.429. The van der Waals surface area contributed by atoms with Crippen LogP contribution < -0.4 is 14.8 Å². The van der Waals surface area contributed by atoms with E-state index >= 15 is 0 Å². The van der Waals surface area contributed by atoms with Crippen LogP contribution in [0.4, 0.5) is 10.1 Å². The number of rotatable bonds is 5. The summed E-state index contributed by atoms with van der Waals surface area (Å²) < 4.78 is 40.1. The molecule has 0 bridgehead atoms. The van der Waals surface area contributed by atoms with Crippen LogP contribution in [0.25, 0.3) is 0 Å². The third-order valence-electron chi connectivity index (χ3n) is 3.04. The molecule has 1 unspecified atom stereocenters. The molecule has 1 fully saturated rings. The minimum absolute atomic E-state index is 0.0202. The van der Waals surface area contributed by atoms with Gasteiger partial charge in [0, 0.05) is 13.0 Å². The molecule has 1 aliphatic rings. The molecule has 8 heteroatoms. The minimum atomic E-state index is -3.77. The van der Waals surface area contributed by atoms with Crippen LogP contribution in [0.2, 0.25) is 0 Å². The van der Waals surface area contributed by atoms with E-state index in [4.69, 9.17) is 9.88 Å². The summed E-state index contributed by atoms with van der Waals surface area (Å²) in [6.45, 7) is -0.798. The quantitative estimate of drug-likeness (QED) is 0.854. The van der Waals surface area contributed by atoms with Crippen molar-refractivity contribution >= 4 is 21.6 Å². The number of nitrogens with zero attached hydrogens (tertiary/aromatic N) is 1. The van der Waals surface area contributed by atoms with Crippen LogP contribution in [0.3, 0.4) is 0 Å². The predicted molar refractivity (Wildman–Crippen MR) is 71.8 cm³/mol. The fourth-order valence-corrected chi connectivity index (χ4v) is 2.81. The molecule has 1 atom stereocenters. The van der Waals surface area contributed by atoms with Gasteiger partial charge in [-0.15, -0.1) is 0 Å². The number of para-hydroxylation sites is 2. The van der Waals surface area contributed by atoms with E-state index in [9.17, 15) is 17.6 Å². The van der Waals surface area contributed by atoms with Gasteiger partial charge in [-0.25, -0.2) is 17.9 Å². The second-order valence-corrected chi connectivity index (χ2v) is 6.27. The lowest BCUT2D eigenvalue weighted by Gasteiger charge is -2.19. The van der Waals surface area contributed by atoms with E-state index in [0.717, 1.165) is 0 Å². The Morgan fingerprint density at radius 3 is 2.70 bits per heavy atom. The van der Waals surface area contributed by atoms with Gasteiger partial charge in [0.25, 0.3) is 0 Å². The maximum Gasteiger partial charge on any atom is 0.228 e. The van der Waals surface area contributed by atoms with Crippen molar-refractivity contribution in [2.75, 3.05) is 24.7 Å². The maximum absolute atomic E-state index is 12.2. The maximum atomic E-state index is 12.2. The summed E-state index contributed by atoms with van der Waals surface area (Å²) >= 11 is 0. The smallest absolute Gasteiger partial charge is 0.228 e. The molecule has 1 aromatic rings. The highest BCUT2D eigenvalue weighted by Gasteiger charge is 2.38. The highest BCUT2D eigenvalue weighted by Crippen LogP contribution is 2.32. The summed E-state index contributed by atoms with van der Waals surface area (Å²) in [4.78, 5) is 13.2. The number of carbonyl (C=O) groups is 1. The lowest BCUT2D eigenvalue weighted by atomic mass is 10.2. The Hall–Kier alpha value is -1.67. The Kier molecular flexibility index (Phi) is 4.24. The highest BCUT2D eigenvalue weighted by atomic mass is 32.2. The van der Waals surface area contributed by atoms with Crippen molar-refractivity contribution in [3.63, 3.8) is 0 Å². The topological polar surface area (TPSA) is 89.7 Å². The molecular formula is C12H15FN2O4S. The molecule has 0 spiro atoms. The zero-order valence-corrected chi connectivity index (χ0v) is 11.5. The largest absolute Gasteiger partial charge is 0.489 e. The standard InChI is InChI=1S/C12H15FN2O4S/c13-5-6-19-11-4-2-1-3-10(11)15-8-9(7-12(15)16)20(14,17)18/h1-4,9H,5-8H2,(H2,14,17,18). The van der Waals surface area contributed by atoms with Crippen LogP contribution in [-0.4, -0.2) is 39.4 Å². The number of carbonyl (C=O) groups excluding carboxylic acids is 1. The number of ether oxygens (including phenoxy) is 1. The normalized spacial score (nSPS) is 19.4. The number of amides is 1. The van der Waals surface area contributed by atoms with Gasteiger partial charge in [0.1, 0.15) is 24.3 Å². The van der Waals surface area contributed by atoms with Crippen molar-refractivity contribution in [1.82, 2.24) is 0 Å². The van der Waals surface area contributed by atoms with Crippen molar-refractivity contribution in [2.24, 2.45) is 5.14 Å². The van der Waals surface area contributed by atoms with Crippen LogP contribution in [0.5, 0.6) is 5.75 Å². The third kappa shape index (κ3) is 3.07. The second-order valence-electron chi connectivity index (χ2n) is 4.42. The molecule has 0 aromatic heterocycles. The molecule has 20 heavy (non-hydrogen) atoms. The molecule has 2 N–H and O–H groups in total. The molecule has 1 amide bonds. The van der Waals surface area contributed by atoms with Gasteiger partial charge >= 0.3 is 0 Å². The lowest BCUT2D eigenvalue weighted by Crippen LogP contribution is -2.32. The first-order chi connectivity index (χ1) is 9.43. The van der Waals surface area contributed by atoms with Gasteiger partial charge in [-0.05, 0) is 12.1 Å². The summed E-state index contributed by atoms with van der Waals surface area (Å²) in [6.07, 6.45) is -0.156. The number of alkyl halides is 1. The Morgan fingerprint density at radius 2 is 2.10 bits per heavy atom. The highest BCUT2D eigenvalue weighted by molar-refractivity contribution is 7.89. The Morgan fingerprint density at radius 1 is 1.40 bits per heavy atom. The first kappa shape index (κ1) is 14.7. The van der Waals surface area contributed by atoms with Crippen LogP contribution in [0, 0.1) is 0 Å². The van der Waals surface area contributed by atoms with Crippen LogP contribution in [0.1, 0.15) is 6.42 Å². The van der Waals surface area contributed by atoms with E-state index in [0.29, 0.717) is 11.4 Å². The monoisotopic (exact) mass is 302 g/mol. The number of anilines is 1. The summed E-state index contributed by atoms with van der Waals surface area (Å²) in [5.74, 6) is -0.00565. The van der Waals surface area contributed by atoms with Gasteiger partial charge in [0.15, 0.2) is 0 Å². The third-order valence-corrected chi connectivity index (χ3v) is 4.29. The number of sulfonamides is 1. The van der Waals surface area contributed by atoms with Crippen molar-refractivity contribution in [1.29, 1.82) is 0 Å². The zero-order valence-electron chi connectivity index (χ0n) is 10.7. The molecule has 2 rings (SSSR count). The van der Waals surface area contributed by atoms with Crippen LogP contribution in [0.15, 0.2) is 24.3 Å².